The Balaban J connectivity index is 2.38. The second kappa shape index (κ2) is 10.7. The minimum absolute atomic E-state index is 0.200. The Morgan fingerprint density at radius 1 is 1.00 bits per heavy atom. The van der Waals surface area contributed by atoms with Crippen molar-refractivity contribution >= 4 is 8.56 Å². The molecular formula is C15H35N3O3Si. The first kappa shape index (κ1) is 20.0. The third-order valence-corrected chi connectivity index (χ3v) is 9.24. The molecule has 1 saturated heterocycles. The van der Waals surface area contributed by atoms with E-state index in [9.17, 15) is 0 Å². The van der Waals surface area contributed by atoms with Gasteiger partial charge in [0.25, 0.3) is 0 Å². The van der Waals surface area contributed by atoms with E-state index in [4.69, 9.17) is 19.3 Å². The number of rotatable bonds is 12. The first-order valence-electron chi connectivity index (χ1n) is 8.47. The molecule has 1 aliphatic heterocycles. The fraction of sp³-hybridized carbons (Fsp3) is 1.00. The summed E-state index contributed by atoms with van der Waals surface area (Å²) in [7, 11) is 3.12. The Morgan fingerprint density at radius 3 is 2.27 bits per heavy atom. The zero-order valence-corrected chi connectivity index (χ0v) is 15.6. The van der Waals surface area contributed by atoms with Crippen LogP contribution in [0.25, 0.3) is 0 Å². The Labute approximate surface area is 136 Å². The first-order chi connectivity index (χ1) is 10.7. The molecule has 1 aliphatic rings. The van der Waals surface area contributed by atoms with E-state index >= 15 is 0 Å². The highest BCUT2D eigenvalue weighted by Crippen LogP contribution is 2.42. The van der Waals surface area contributed by atoms with Gasteiger partial charge in [0, 0.05) is 47.5 Å². The molecule has 1 fully saturated rings. The second-order valence-corrected chi connectivity index (χ2v) is 9.69. The van der Waals surface area contributed by atoms with Gasteiger partial charge in [-0.25, -0.2) is 0 Å². The third kappa shape index (κ3) is 4.99. The van der Waals surface area contributed by atoms with Crippen LogP contribution in [0, 0.1) is 0 Å². The summed E-state index contributed by atoms with van der Waals surface area (Å²) < 4.78 is 17.8. The summed E-state index contributed by atoms with van der Waals surface area (Å²) in [4.78, 5) is 0. The van der Waals surface area contributed by atoms with E-state index in [-0.39, 0.29) is 5.22 Å². The average molecular weight is 334 g/mol. The molecule has 0 aromatic heterocycles. The van der Waals surface area contributed by atoms with Gasteiger partial charge in [0.05, 0.1) is 0 Å². The molecule has 0 aromatic carbocycles. The number of nitrogens with two attached hydrogens (primary N) is 1. The van der Waals surface area contributed by atoms with Crippen LogP contribution in [0.1, 0.15) is 32.1 Å². The summed E-state index contributed by atoms with van der Waals surface area (Å²) in [5.41, 5.74) is 5.44. The Bertz CT molecular complexity index is 293. The lowest BCUT2D eigenvalue weighted by atomic mass is 10.1. The molecule has 0 saturated carbocycles. The third-order valence-electron chi connectivity index (χ3n) is 4.81. The maximum atomic E-state index is 5.99. The predicted molar refractivity (Wildman–Crippen MR) is 92.2 cm³/mol. The molecule has 0 radical (unpaired) electrons. The summed E-state index contributed by atoms with van der Waals surface area (Å²) in [5.74, 6) is 0. The zero-order valence-electron chi connectivity index (χ0n) is 14.6. The number of hydrogen-bond acceptors (Lipinski definition) is 6. The van der Waals surface area contributed by atoms with Crippen LogP contribution in [0.4, 0.5) is 0 Å². The molecule has 1 atom stereocenters. The van der Waals surface area contributed by atoms with E-state index in [1.807, 2.05) is 7.11 Å². The SMILES string of the molecule is COC1(CCCNCCNCCN)CCCC[Si]1(OC)OC. The first-order valence-corrected chi connectivity index (χ1v) is 10.5. The van der Waals surface area contributed by atoms with Gasteiger partial charge in [-0.05, 0) is 31.9 Å². The Kier molecular flexibility index (Phi) is 9.73. The molecule has 1 heterocycles. The second-order valence-electron chi connectivity index (χ2n) is 5.96. The molecule has 1 unspecified atom stereocenters. The molecule has 0 bridgehead atoms. The highest BCUT2D eigenvalue weighted by atomic mass is 28.4. The smallest absolute Gasteiger partial charge is 0.370 e. The van der Waals surface area contributed by atoms with Gasteiger partial charge in [-0.15, -0.1) is 0 Å². The van der Waals surface area contributed by atoms with Crippen molar-refractivity contribution in [2.75, 3.05) is 54.1 Å². The molecule has 0 spiro atoms. The zero-order chi connectivity index (χ0) is 16.3. The van der Waals surface area contributed by atoms with Gasteiger partial charge >= 0.3 is 8.56 Å². The number of hydrogen-bond donors (Lipinski definition) is 3. The van der Waals surface area contributed by atoms with Crippen LogP contribution in [-0.2, 0) is 13.6 Å². The largest absolute Gasteiger partial charge is 0.396 e. The van der Waals surface area contributed by atoms with E-state index in [2.05, 4.69) is 10.6 Å². The fourth-order valence-electron chi connectivity index (χ4n) is 3.55. The Morgan fingerprint density at radius 2 is 1.68 bits per heavy atom. The van der Waals surface area contributed by atoms with Crippen LogP contribution in [-0.4, -0.2) is 67.8 Å². The molecule has 0 aromatic rings. The number of nitrogens with one attached hydrogen (secondary N) is 2. The van der Waals surface area contributed by atoms with Crippen LogP contribution in [0.3, 0.4) is 0 Å². The van der Waals surface area contributed by atoms with Crippen molar-refractivity contribution in [2.45, 2.75) is 43.4 Å². The Hall–Kier alpha value is -0.0231. The molecule has 0 amide bonds. The van der Waals surface area contributed by atoms with Crippen LogP contribution in [0.15, 0.2) is 0 Å². The van der Waals surface area contributed by atoms with E-state index in [1.54, 1.807) is 14.2 Å². The normalized spacial score (nSPS) is 24.5. The van der Waals surface area contributed by atoms with Crippen LogP contribution in [0.5, 0.6) is 0 Å². The van der Waals surface area contributed by atoms with Crippen molar-refractivity contribution in [3.63, 3.8) is 0 Å². The van der Waals surface area contributed by atoms with Crippen molar-refractivity contribution in [1.82, 2.24) is 10.6 Å². The van der Waals surface area contributed by atoms with Gasteiger partial charge in [-0.2, -0.15) is 0 Å². The average Bonchev–Trinajstić information content (AvgIpc) is 2.57. The summed E-state index contributed by atoms with van der Waals surface area (Å²) in [5, 5.41) is 6.54. The quantitative estimate of drug-likeness (QED) is 0.361. The maximum absolute atomic E-state index is 5.99. The molecule has 0 aliphatic carbocycles. The van der Waals surface area contributed by atoms with Gasteiger partial charge in [0.15, 0.2) is 0 Å². The van der Waals surface area contributed by atoms with Crippen molar-refractivity contribution in [1.29, 1.82) is 0 Å². The maximum Gasteiger partial charge on any atom is 0.370 e. The molecule has 22 heavy (non-hydrogen) atoms. The van der Waals surface area contributed by atoms with Crippen molar-refractivity contribution in [3.05, 3.63) is 0 Å². The van der Waals surface area contributed by atoms with Gasteiger partial charge in [0.1, 0.15) is 5.22 Å². The van der Waals surface area contributed by atoms with Crippen LogP contribution >= 0.6 is 0 Å². The molecule has 7 heteroatoms. The minimum atomic E-state index is -2.27. The fourth-order valence-corrected chi connectivity index (χ4v) is 7.47. The highest BCUT2D eigenvalue weighted by molar-refractivity contribution is 6.70. The molecule has 132 valence electrons. The van der Waals surface area contributed by atoms with Gasteiger partial charge in [-0.3, -0.25) is 0 Å². The highest BCUT2D eigenvalue weighted by Gasteiger charge is 2.58. The van der Waals surface area contributed by atoms with E-state index < -0.39 is 8.56 Å². The van der Waals surface area contributed by atoms with Gasteiger partial charge in [-0.1, -0.05) is 12.8 Å². The summed E-state index contributed by atoms with van der Waals surface area (Å²) in [6, 6.07) is 1.03. The molecule has 6 nitrogen and oxygen atoms in total. The lowest BCUT2D eigenvalue weighted by Crippen LogP contribution is -2.64. The van der Waals surface area contributed by atoms with Gasteiger partial charge < -0.3 is 30.0 Å². The van der Waals surface area contributed by atoms with Crippen molar-refractivity contribution < 1.29 is 13.6 Å². The lowest BCUT2D eigenvalue weighted by molar-refractivity contribution is -0.0156. The monoisotopic (exact) mass is 333 g/mol. The molecule has 4 N–H and O–H groups in total. The lowest BCUT2D eigenvalue weighted by Gasteiger charge is -2.48. The molecular weight excluding hydrogens is 298 g/mol. The standard InChI is InChI=1S/C15H35N3O3Si/c1-19-15(7-4-5-14-22(15,20-2)21-3)8-6-10-17-12-13-18-11-9-16/h17-18H,4-14,16H2,1-3H3. The number of methoxy groups -OCH3 is 1. The van der Waals surface area contributed by atoms with E-state index in [0.29, 0.717) is 6.54 Å². The summed E-state index contributed by atoms with van der Waals surface area (Å²) in [6.45, 7) is 4.49. The van der Waals surface area contributed by atoms with Crippen molar-refractivity contribution in [2.24, 2.45) is 5.73 Å². The van der Waals surface area contributed by atoms with Crippen LogP contribution in [0.2, 0.25) is 6.04 Å². The topological polar surface area (TPSA) is 77.8 Å². The number of ether oxygens (including phenoxy) is 1. The van der Waals surface area contributed by atoms with Gasteiger partial charge in [0.2, 0.25) is 0 Å². The minimum Gasteiger partial charge on any atom is -0.396 e. The predicted octanol–water partition coefficient (Wildman–Crippen LogP) is 0.748. The summed E-state index contributed by atoms with van der Waals surface area (Å²) >= 11 is 0. The van der Waals surface area contributed by atoms with E-state index in [1.165, 1.54) is 12.8 Å². The molecule has 1 rings (SSSR count). The summed E-state index contributed by atoms with van der Waals surface area (Å²) in [6.07, 6.45) is 5.51. The van der Waals surface area contributed by atoms with Crippen molar-refractivity contribution in [3.8, 4) is 0 Å². The van der Waals surface area contributed by atoms with E-state index in [0.717, 1.165) is 51.5 Å². The van der Waals surface area contributed by atoms with Crippen LogP contribution < -0.4 is 16.4 Å².